The molecule has 0 radical (unpaired) electrons. The molecule has 0 unspecified atom stereocenters. The van der Waals surface area contributed by atoms with Crippen molar-refractivity contribution in [3.05, 3.63) is 12.2 Å². The molecule has 0 atom stereocenters. The van der Waals surface area contributed by atoms with Crippen molar-refractivity contribution in [1.29, 1.82) is 0 Å². The number of hydrogen-bond acceptors (Lipinski definition) is 3. The van der Waals surface area contributed by atoms with E-state index in [-0.39, 0.29) is 0 Å². The van der Waals surface area contributed by atoms with Gasteiger partial charge in [-0.15, -0.1) is 0 Å². The van der Waals surface area contributed by atoms with Crippen molar-refractivity contribution in [3.63, 3.8) is 0 Å². The third-order valence-electron chi connectivity index (χ3n) is 3.11. The van der Waals surface area contributed by atoms with E-state index < -0.39 is 6.16 Å². The van der Waals surface area contributed by atoms with Crippen molar-refractivity contribution in [2.45, 2.75) is 71.1 Å². The van der Waals surface area contributed by atoms with E-state index in [4.69, 9.17) is 4.74 Å². The minimum Gasteiger partial charge on any atom is -0.438 e. The van der Waals surface area contributed by atoms with Gasteiger partial charge in [-0.05, 0) is 12.8 Å². The van der Waals surface area contributed by atoms with E-state index in [1.165, 1.54) is 64.9 Å². The van der Waals surface area contributed by atoms with Crippen LogP contribution in [0.2, 0.25) is 0 Å². The van der Waals surface area contributed by atoms with Crippen LogP contribution in [0, 0.1) is 0 Å². The van der Waals surface area contributed by atoms with Crippen LogP contribution in [0.15, 0.2) is 12.2 Å². The van der Waals surface area contributed by atoms with Crippen LogP contribution in [0.4, 0.5) is 4.79 Å². The Morgan fingerprint density at radius 3 is 2.05 bits per heavy atom. The SMILES string of the molecule is CCCCCCCCCCC/C=C/COC(=O)OC. The Morgan fingerprint density at radius 1 is 0.895 bits per heavy atom. The van der Waals surface area contributed by atoms with Crippen molar-refractivity contribution in [2.75, 3.05) is 13.7 Å². The maximum atomic E-state index is 10.6. The molecule has 0 aromatic rings. The summed E-state index contributed by atoms with van der Waals surface area (Å²) in [7, 11) is 1.31. The van der Waals surface area contributed by atoms with Gasteiger partial charge in [0.05, 0.1) is 7.11 Å². The highest BCUT2D eigenvalue weighted by Gasteiger charge is 1.95. The van der Waals surface area contributed by atoms with E-state index in [9.17, 15) is 4.79 Å². The van der Waals surface area contributed by atoms with Crippen molar-refractivity contribution in [1.82, 2.24) is 0 Å². The second-order valence-corrected chi connectivity index (χ2v) is 4.85. The van der Waals surface area contributed by atoms with Gasteiger partial charge in [-0.2, -0.15) is 0 Å². The Labute approximate surface area is 118 Å². The lowest BCUT2D eigenvalue weighted by Crippen LogP contribution is -2.03. The lowest BCUT2D eigenvalue weighted by Gasteiger charge is -2.00. The molecule has 0 saturated heterocycles. The van der Waals surface area contributed by atoms with Gasteiger partial charge < -0.3 is 9.47 Å². The van der Waals surface area contributed by atoms with Gasteiger partial charge in [-0.25, -0.2) is 4.79 Å². The fourth-order valence-electron chi connectivity index (χ4n) is 1.93. The van der Waals surface area contributed by atoms with Crippen molar-refractivity contribution < 1.29 is 14.3 Å². The summed E-state index contributed by atoms with van der Waals surface area (Å²) in [5.74, 6) is 0. The third kappa shape index (κ3) is 15.0. The Kier molecular flexibility index (Phi) is 14.3. The average molecular weight is 270 g/mol. The van der Waals surface area contributed by atoms with E-state index in [0.717, 1.165) is 6.42 Å². The molecule has 0 saturated carbocycles. The van der Waals surface area contributed by atoms with Crippen molar-refractivity contribution in [3.8, 4) is 0 Å². The zero-order valence-corrected chi connectivity index (χ0v) is 12.7. The molecule has 0 heterocycles. The maximum Gasteiger partial charge on any atom is 0.508 e. The number of hydrogen-bond donors (Lipinski definition) is 0. The van der Waals surface area contributed by atoms with Gasteiger partial charge in [0.15, 0.2) is 0 Å². The molecule has 0 aromatic carbocycles. The molecule has 0 aliphatic carbocycles. The molecule has 3 nitrogen and oxygen atoms in total. The van der Waals surface area contributed by atoms with Gasteiger partial charge in [0, 0.05) is 0 Å². The van der Waals surface area contributed by atoms with Gasteiger partial charge >= 0.3 is 6.16 Å². The Balaban J connectivity index is 3.09. The normalized spacial score (nSPS) is 10.8. The number of carbonyl (C=O) groups excluding carboxylic acids is 1. The first kappa shape index (κ1) is 18.0. The zero-order valence-electron chi connectivity index (χ0n) is 12.7. The molecule has 0 aliphatic heterocycles. The molecule has 0 aliphatic rings. The Bertz CT molecular complexity index is 224. The summed E-state index contributed by atoms with van der Waals surface area (Å²) in [4.78, 5) is 10.6. The molecule has 0 amide bonds. The largest absolute Gasteiger partial charge is 0.508 e. The Morgan fingerprint density at radius 2 is 1.47 bits per heavy atom. The molecule has 0 aromatic heterocycles. The molecule has 0 N–H and O–H groups in total. The molecule has 0 fully saturated rings. The van der Waals surface area contributed by atoms with E-state index in [1.807, 2.05) is 6.08 Å². The van der Waals surface area contributed by atoms with Crippen LogP contribution in [0.1, 0.15) is 71.1 Å². The lowest BCUT2D eigenvalue weighted by atomic mass is 10.1. The van der Waals surface area contributed by atoms with Crippen LogP contribution >= 0.6 is 0 Å². The number of methoxy groups -OCH3 is 1. The highest BCUT2D eigenvalue weighted by atomic mass is 16.7. The first-order valence-electron chi connectivity index (χ1n) is 7.67. The summed E-state index contributed by atoms with van der Waals surface area (Å²) >= 11 is 0. The molecule has 112 valence electrons. The second-order valence-electron chi connectivity index (χ2n) is 4.85. The summed E-state index contributed by atoms with van der Waals surface area (Å²) < 4.78 is 9.10. The molecule has 3 heteroatoms. The van der Waals surface area contributed by atoms with Crippen LogP contribution < -0.4 is 0 Å². The van der Waals surface area contributed by atoms with Crippen molar-refractivity contribution in [2.24, 2.45) is 0 Å². The van der Waals surface area contributed by atoms with E-state index in [2.05, 4.69) is 17.7 Å². The minimum atomic E-state index is -0.618. The van der Waals surface area contributed by atoms with Crippen LogP contribution in [0.3, 0.4) is 0 Å². The van der Waals surface area contributed by atoms with Gasteiger partial charge in [-0.3, -0.25) is 0 Å². The van der Waals surface area contributed by atoms with Crippen LogP contribution in [-0.4, -0.2) is 19.9 Å². The van der Waals surface area contributed by atoms with Gasteiger partial charge in [0.1, 0.15) is 6.61 Å². The quantitative estimate of drug-likeness (QED) is 0.276. The van der Waals surface area contributed by atoms with Crippen LogP contribution in [-0.2, 0) is 9.47 Å². The summed E-state index contributed by atoms with van der Waals surface area (Å²) in [6, 6.07) is 0. The van der Waals surface area contributed by atoms with Gasteiger partial charge in [-0.1, -0.05) is 70.4 Å². The first-order chi connectivity index (χ1) is 9.31. The number of allylic oxidation sites excluding steroid dienone is 1. The first-order valence-corrected chi connectivity index (χ1v) is 7.67. The lowest BCUT2D eigenvalue weighted by molar-refractivity contribution is 0.0817. The zero-order chi connectivity index (χ0) is 14.2. The number of carbonyl (C=O) groups is 1. The molecule has 0 rings (SSSR count). The highest BCUT2D eigenvalue weighted by molar-refractivity contribution is 5.59. The number of rotatable bonds is 12. The second kappa shape index (κ2) is 15.1. The smallest absolute Gasteiger partial charge is 0.438 e. The minimum absolute atomic E-state index is 0.310. The summed E-state index contributed by atoms with van der Waals surface area (Å²) in [5, 5.41) is 0. The molecular weight excluding hydrogens is 240 g/mol. The topological polar surface area (TPSA) is 35.5 Å². The van der Waals surface area contributed by atoms with Gasteiger partial charge in [0.25, 0.3) is 0 Å². The third-order valence-corrected chi connectivity index (χ3v) is 3.11. The fraction of sp³-hybridized carbons (Fsp3) is 0.812. The predicted molar refractivity (Wildman–Crippen MR) is 79.3 cm³/mol. The maximum absolute atomic E-state index is 10.6. The predicted octanol–water partition coefficient (Wildman–Crippen LogP) is 5.25. The van der Waals surface area contributed by atoms with Crippen LogP contribution in [0.5, 0.6) is 0 Å². The fourth-order valence-corrected chi connectivity index (χ4v) is 1.93. The summed E-state index contributed by atoms with van der Waals surface area (Å²) in [6.07, 6.45) is 16.6. The number of unbranched alkanes of at least 4 members (excludes halogenated alkanes) is 9. The molecular formula is C16H30O3. The molecule has 0 spiro atoms. The van der Waals surface area contributed by atoms with Crippen LogP contribution in [0.25, 0.3) is 0 Å². The standard InChI is InChI=1S/C16H30O3/c1-3-4-5-6-7-8-9-10-11-12-13-14-15-19-16(17)18-2/h13-14H,3-12,15H2,1-2H3/b14-13+. The molecule has 0 bridgehead atoms. The van der Waals surface area contributed by atoms with E-state index in [0.29, 0.717) is 6.61 Å². The molecule has 19 heavy (non-hydrogen) atoms. The van der Waals surface area contributed by atoms with E-state index in [1.54, 1.807) is 0 Å². The monoisotopic (exact) mass is 270 g/mol. The average Bonchev–Trinajstić information content (AvgIpc) is 2.43. The Hall–Kier alpha value is -0.990. The number of ether oxygens (including phenoxy) is 2. The summed E-state index contributed by atoms with van der Waals surface area (Å²) in [6.45, 7) is 2.56. The summed E-state index contributed by atoms with van der Waals surface area (Å²) in [5.41, 5.74) is 0. The highest BCUT2D eigenvalue weighted by Crippen LogP contribution is 2.10. The van der Waals surface area contributed by atoms with E-state index >= 15 is 0 Å². The van der Waals surface area contributed by atoms with Gasteiger partial charge in [0.2, 0.25) is 0 Å². The van der Waals surface area contributed by atoms with Crippen molar-refractivity contribution >= 4 is 6.16 Å².